The third kappa shape index (κ3) is 3.63. The number of hydrogen-bond acceptors (Lipinski definition) is 8. The van der Waals surface area contributed by atoms with E-state index in [-0.39, 0.29) is 17.2 Å². The van der Waals surface area contributed by atoms with Gasteiger partial charge in [-0.05, 0) is 54.1 Å². The number of nitrogens with zero attached hydrogens (tertiary/aromatic N) is 2. The lowest BCUT2D eigenvalue weighted by molar-refractivity contribution is 0.0701. The van der Waals surface area contributed by atoms with Crippen molar-refractivity contribution in [1.82, 2.24) is 10.2 Å². The zero-order chi connectivity index (χ0) is 23.7. The zero-order valence-corrected chi connectivity index (χ0v) is 17.9. The summed E-state index contributed by atoms with van der Waals surface area (Å²) in [7, 11) is 1.60. The molecule has 0 spiro atoms. The highest BCUT2D eigenvalue weighted by Gasteiger charge is 2.35. The van der Waals surface area contributed by atoms with E-state index < -0.39 is 11.9 Å². The topological polar surface area (TPSA) is 136 Å². The minimum Gasteiger partial charge on any atom is -0.497 e. The molecule has 5 rings (SSSR count). The van der Waals surface area contributed by atoms with Gasteiger partial charge in [0.1, 0.15) is 23.1 Å². The van der Waals surface area contributed by atoms with Gasteiger partial charge in [0.25, 0.3) is 0 Å². The van der Waals surface area contributed by atoms with Crippen molar-refractivity contribution in [1.29, 1.82) is 5.26 Å². The van der Waals surface area contributed by atoms with Gasteiger partial charge in [-0.1, -0.05) is 12.1 Å². The number of aromatic amines is 1. The Morgan fingerprint density at radius 2 is 1.85 bits per heavy atom. The van der Waals surface area contributed by atoms with Gasteiger partial charge in [-0.25, -0.2) is 4.79 Å². The Labute approximate surface area is 194 Å². The second-order valence-electron chi connectivity index (χ2n) is 7.41. The molecular formula is C25H18N4O5. The molecule has 1 atom stereocenters. The summed E-state index contributed by atoms with van der Waals surface area (Å²) in [5.41, 5.74) is 9.26. The number of H-pyrrole nitrogens is 1. The molecule has 34 heavy (non-hydrogen) atoms. The van der Waals surface area contributed by atoms with Crippen LogP contribution in [0.5, 0.6) is 17.4 Å². The predicted octanol–water partition coefficient (Wildman–Crippen LogP) is 4.12. The fraction of sp³-hybridized carbons (Fsp3) is 0.0800. The van der Waals surface area contributed by atoms with Gasteiger partial charge in [-0.15, -0.1) is 5.10 Å². The van der Waals surface area contributed by atoms with Crippen molar-refractivity contribution < 1.29 is 23.4 Å². The van der Waals surface area contributed by atoms with Crippen LogP contribution in [0.1, 0.15) is 27.6 Å². The van der Waals surface area contributed by atoms with Gasteiger partial charge in [0, 0.05) is 5.56 Å². The standard InChI is InChI=1S/C25H18N4O5/c1-31-16-8-6-15(7-9-16)22-21-20(18(13-26)23(27)34-24(21)29-28-22)14-4-10-17(11-5-14)33-25(30)19-3-2-12-32-19/h2-12,20H,27H2,1H3,(H,28,29). The number of hydrogen-bond donors (Lipinski definition) is 2. The third-order valence-electron chi connectivity index (χ3n) is 5.46. The van der Waals surface area contributed by atoms with Crippen molar-refractivity contribution >= 4 is 5.97 Å². The number of rotatable bonds is 5. The molecule has 1 aliphatic rings. The Hall–Kier alpha value is -4.97. The number of carbonyl (C=O) groups excluding carboxylic acids is 1. The Bertz CT molecular complexity index is 1410. The quantitative estimate of drug-likeness (QED) is 0.339. The molecule has 0 saturated heterocycles. The largest absolute Gasteiger partial charge is 0.497 e. The summed E-state index contributed by atoms with van der Waals surface area (Å²) < 4.78 is 21.3. The second kappa shape index (κ2) is 8.52. The number of carbonyl (C=O) groups is 1. The monoisotopic (exact) mass is 454 g/mol. The van der Waals surface area contributed by atoms with E-state index in [1.165, 1.54) is 12.3 Å². The van der Waals surface area contributed by atoms with Crippen LogP contribution in [-0.2, 0) is 0 Å². The Morgan fingerprint density at radius 3 is 2.50 bits per heavy atom. The van der Waals surface area contributed by atoms with Crippen LogP contribution in [0.25, 0.3) is 11.3 Å². The minimum absolute atomic E-state index is 0.0129. The highest BCUT2D eigenvalue weighted by Crippen LogP contribution is 2.45. The van der Waals surface area contributed by atoms with Crippen LogP contribution in [0, 0.1) is 11.3 Å². The summed E-state index contributed by atoms with van der Waals surface area (Å²) in [6.07, 6.45) is 1.40. The molecule has 9 heteroatoms. The van der Waals surface area contributed by atoms with E-state index in [0.717, 1.165) is 11.1 Å². The summed E-state index contributed by atoms with van der Waals surface area (Å²) >= 11 is 0. The van der Waals surface area contributed by atoms with Crippen molar-refractivity contribution in [3.05, 3.63) is 95.3 Å². The first-order valence-electron chi connectivity index (χ1n) is 10.2. The summed E-state index contributed by atoms with van der Waals surface area (Å²) in [6.45, 7) is 0. The molecule has 2 aromatic carbocycles. The Morgan fingerprint density at radius 1 is 1.12 bits per heavy atom. The van der Waals surface area contributed by atoms with Crippen LogP contribution in [0.4, 0.5) is 0 Å². The number of aromatic nitrogens is 2. The molecule has 0 fully saturated rings. The van der Waals surface area contributed by atoms with Gasteiger partial charge in [-0.2, -0.15) is 5.26 Å². The van der Waals surface area contributed by atoms with Crippen molar-refractivity contribution in [2.45, 2.75) is 5.92 Å². The summed E-state index contributed by atoms with van der Waals surface area (Å²) in [5, 5.41) is 17.1. The average molecular weight is 454 g/mol. The molecule has 2 aromatic heterocycles. The van der Waals surface area contributed by atoms with Crippen LogP contribution < -0.4 is 19.9 Å². The smallest absolute Gasteiger partial charge is 0.379 e. The number of fused-ring (bicyclic) bond motifs is 1. The van der Waals surface area contributed by atoms with Gasteiger partial charge in [0.05, 0.1) is 30.5 Å². The van der Waals surface area contributed by atoms with Crippen LogP contribution in [0.15, 0.2) is 82.8 Å². The molecule has 0 radical (unpaired) electrons. The first-order chi connectivity index (χ1) is 16.6. The van der Waals surface area contributed by atoms with Gasteiger partial charge in [-0.3, -0.25) is 5.10 Å². The third-order valence-corrected chi connectivity index (χ3v) is 5.46. The number of methoxy groups -OCH3 is 1. The fourth-order valence-corrected chi connectivity index (χ4v) is 3.84. The number of nitriles is 1. The summed E-state index contributed by atoms with van der Waals surface area (Å²) in [5.74, 6) is 0.274. The van der Waals surface area contributed by atoms with Crippen molar-refractivity contribution in [2.24, 2.45) is 5.73 Å². The van der Waals surface area contributed by atoms with Gasteiger partial charge >= 0.3 is 5.97 Å². The molecule has 0 bridgehead atoms. The summed E-state index contributed by atoms with van der Waals surface area (Å²) in [6, 6.07) is 19.5. The van der Waals surface area contributed by atoms with Crippen LogP contribution in [0.2, 0.25) is 0 Å². The average Bonchev–Trinajstić information content (AvgIpc) is 3.54. The maximum Gasteiger partial charge on any atom is 0.379 e. The molecule has 9 nitrogen and oxygen atoms in total. The number of benzene rings is 2. The normalized spacial score (nSPS) is 14.6. The molecule has 3 heterocycles. The van der Waals surface area contributed by atoms with E-state index in [0.29, 0.717) is 28.6 Å². The van der Waals surface area contributed by atoms with Crippen LogP contribution >= 0.6 is 0 Å². The van der Waals surface area contributed by atoms with E-state index in [2.05, 4.69) is 16.3 Å². The highest BCUT2D eigenvalue weighted by molar-refractivity contribution is 5.88. The lowest BCUT2D eigenvalue weighted by Gasteiger charge is -2.24. The summed E-state index contributed by atoms with van der Waals surface area (Å²) in [4.78, 5) is 12.2. The van der Waals surface area contributed by atoms with Crippen molar-refractivity contribution in [3.63, 3.8) is 0 Å². The number of ether oxygens (including phenoxy) is 3. The molecule has 4 aromatic rings. The number of allylic oxidation sites excluding steroid dienone is 1. The van der Waals surface area contributed by atoms with E-state index in [1.54, 1.807) is 37.4 Å². The highest BCUT2D eigenvalue weighted by atomic mass is 16.5. The Kier molecular flexibility index (Phi) is 5.24. The van der Waals surface area contributed by atoms with E-state index in [9.17, 15) is 10.1 Å². The molecule has 3 N–H and O–H groups in total. The second-order valence-corrected chi connectivity index (χ2v) is 7.41. The van der Waals surface area contributed by atoms with Crippen molar-refractivity contribution in [2.75, 3.05) is 7.11 Å². The lowest BCUT2D eigenvalue weighted by atomic mass is 9.83. The van der Waals surface area contributed by atoms with Gasteiger partial charge in [0.2, 0.25) is 17.5 Å². The molecular weight excluding hydrogens is 436 g/mol. The number of furan rings is 1. The Balaban J connectivity index is 1.52. The van der Waals surface area contributed by atoms with Crippen LogP contribution in [-0.4, -0.2) is 23.3 Å². The van der Waals surface area contributed by atoms with E-state index >= 15 is 0 Å². The zero-order valence-electron chi connectivity index (χ0n) is 17.9. The number of nitrogens with two attached hydrogens (primary N) is 1. The van der Waals surface area contributed by atoms with E-state index in [4.69, 9.17) is 24.4 Å². The first-order valence-corrected chi connectivity index (χ1v) is 10.2. The van der Waals surface area contributed by atoms with E-state index in [1.807, 2.05) is 24.3 Å². The molecule has 0 amide bonds. The fourth-order valence-electron chi connectivity index (χ4n) is 3.84. The maximum atomic E-state index is 12.2. The molecule has 0 saturated carbocycles. The predicted molar refractivity (Wildman–Crippen MR) is 120 cm³/mol. The van der Waals surface area contributed by atoms with Crippen molar-refractivity contribution in [3.8, 4) is 34.7 Å². The number of nitrogens with one attached hydrogen (secondary N) is 1. The minimum atomic E-state index is -0.607. The first kappa shape index (κ1) is 20.9. The number of esters is 1. The molecule has 168 valence electrons. The molecule has 1 unspecified atom stereocenters. The molecule has 1 aliphatic heterocycles. The SMILES string of the molecule is COc1ccc(-c2[nH]nc3c2C(c2ccc(OC(=O)c4ccco4)cc2)C(C#N)=C(N)O3)cc1. The van der Waals surface area contributed by atoms with Gasteiger partial charge < -0.3 is 24.4 Å². The van der Waals surface area contributed by atoms with Crippen LogP contribution in [0.3, 0.4) is 0 Å². The van der Waals surface area contributed by atoms with Gasteiger partial charge in [0.15, 0.2) is 0 Å². The molecule has 0 aliphatic carbocycles. The lowest BCUT2D eigenvalue weighted by Crippen LogP contribution is -2.21. The maximum absolute atomic E-state index is 12.2.